The van der Waals surface area contributed by atoms with E-state index in [1.54, 1.807) is 18.4 Å². The van der Waals surface area contributed by atoms with Crippen LogP contribution in [0.15, 0.2) is 53.0 Å². The van der Waals surface area contributed by atoms with Crippen molar-refractivity contribution in [2.24, 2.45) is 4.99 Å². The summed E-state index contributed by atoms with van der Waals surface area (Å²) in [7, 11) is 3.79. The van der Waals surface area contributed by atoms with Crippen molar-refractivity contribution in [3.8, 4) is 5.69 Å². The summed E-state index contributed by atoms with van der Waals surface area (Å²) in [6, 6.07) is 12.1. The standard InChI is InChI=1S/C18H22N6S/c1-14-21-16(13-25-14)12-23(3)18(19-2)20-11-15-9-10-24(22-15)17-7-5-4-6-8-17/h4-10,13H,11-12H2,1-3H3,(H,19,20). The van der Waals surface area contributed by atoms with E-state index in [-0.39, 0.29) is 0 Å². The summed E-state index contributed by atoms with van der Waals surface area (Å²) in [5, 5.41) is 11.1. The van der Waals surface area contributed by atoms with E-state index in [2.05, 4.69) is 30.7 Å². The molecule has 1 N–H and O–H groups in total. The highest BCUT2D eigenvalue weighted by Crippen LogP contribution is 2.10. The molecule has 0 atom stereocenters. The van der Waals surface area contributed by atoms with Gasteiger partial charge in [0.1, 0.15) is 0 Å². The molecule has 3 rings (SSSR count). The van der Waals surface area contributed by atoms with Crippen LogP contribution in [0.1, 0.15) is 16.4 Å². The number of hydrogen-bond acceptors (Lipinski definition) is 4. The Hall–Kier alpha value is -2.67. The number of aliphatic imine (C=N–C) groups is 1. The van der Waals surface area contributed by atoms with Crippen molar-refractivity contribution in [3.05, 3.63) is 64.4 Å². The van der Waals surface area contributed by atoms with Crippen molar-refractivity contribution < 1.29 is 0 Å². The first kappa shape index (κ1) is 17.2. The minimum atomic E-state index is 0.618. The smallest absolute Gasteiger partial charge is 0.194 e. The Morgan fingerprint density at radius 1 is 1.24 bits per heavy atom. The highest BCUT2D eigenvalue weighted by atomic mass is 32.1. The number of aryl methyl sites for hydroxylation is 1. The molecule has 130 valence electrons. The molecule has 2 aromatic heterocycles. The molecule has 2 heterocycles. The molecular formula is C18H22N6S. The van der Waals surface area contributed by atoms with Gasteiger partial charge in [0, 0.05) is 25.7 Å². The maximum atomic E-state index is 4.60. The Labute approximate surface area is 151 Å². The highest BCUT2D eigenvalue weighted by molar-refractivity contribution is 7.09. The molecule has 0 radical (unpaired) electrons. The zero-order chi connectivity index (χ0) is 17.6. The Morgan fingerprint density at radius 3 is 2.72 bits per heavy atom. The number of rotatable bonds is 5. The third-order valence-electron chi connectivity index (χ3n) is 3.73. The van der Waals surface area contributed by atoms with Crippen LogP contribution in [0.4, 0.5) is 0 Å². The van der Waals surface area contributed by atoms with Gasteiger partial charge in [0.2, 0.25) is 0 Å². The van der Waals surface area contributed by atoms with Gasteiger partial charge in [-0.3, -0.25) is 4.99 Å². The van der Waals surface area contributed by atoms with E-state index < -0.39 is 0 Å². The van der Waals surface area contributed by atoms with Crippen LogP contribution in [-0.4, -0.2) is 39.7 Å². The van der Waals surface area contributed by atoms with Gasteiger partial charge in [0.25, 0.3) is 0 Å². The first-order chi connectivity index (χ1) is 12.2. The molecule has 0 saturated carbocycles. The van der Waals surface area contributed by atoms with Crippen LogP contribution in [0.5, 0.6) is 0 Å². The summed E-state index contributed by atoms with van der Waals surface area (Å²) in [5.41, 5.74) is 3.07. The van der Waals surface area contributed by atoms with Crippen LogP contribution in [0, 0.1) is 6.92 Å². The molecule has 0 aliphatic rings. The Morgan fingerprint density at radius 2 is 2.04 bits per heavy atom. The average Bonchev–Trinajstić information content (AvgIpc) is 3.25. The predicted octanol–water partition coefficient (Wildman–Crippen LogP) is 2.84. The van der Waals surface area contributed by atoms with Gasteiger partial charge in [-0.25, -0.2) is 9.67 Å². The zero-order valence-corrected chi connectivity index (χ0v) is 15.5. The van der Waals surface area contributed by atoms with E-state index in [4.69, 9.17) is 0 Å². The number of nitrogens with zero attached hydrogens (tertiary/aromatic N) is 5. The molecule has 7 heteroatoms. The summed E-state index contributed by atoms with van der Waals surface area (Å²) in [6.45, 7) is 3.36. The van der Waals surface area contributed by atoms with Gasteiger partial charge >= 0.3 is 0 Å². The van der Waals surface area contributed by atoms with Crippen LogP contribution in [0.2, 0.25) is 0 Å². The van der Waals surface area contributed by atoms with Crippen LogP contribution in [0.25, 0.3) is 5.69 Å². The van der Waals surface area contributed by atoms with Gasteiger partial charge in [-0.15, -0.1) is 11.3 Å². The predicted molar refractivity (Wildman–Crippen MR) is 102 cm³/mol. The summed E-state index contributed by atoms with van der Waals surface area (Å²) in [5.74, 6) is 0.819. The van der Waals surface area contributed by atoms with E-state index in [0.717, 1.165) is 34.6 Å². The average molecular weight is 354 g/mol. The maximum absolute atomic E-state index is 4.60. The van der Waals surface area contributed by atoms with Gasteiger partial charge in [0.15, 0.2) is 5.96 Å². The lowest BCUT2D eigenvalue weighted by molar-refractivity contribution is 0.470. The van der Waals surface area contributed by atoms with Crippen molar-refractivity contribution in [1.29, 1.82) is 0 Å². The fourth-order valence-corrected chi connectivity index (χ4v) is 3.14. The molecule has 0 spiro atoms. The quantitative estimate of drug-likeness (QED) is 0.565. The van der Waals surface area contributed by atoms with Crippen molar-refractivity contribution in [2.75, 3.05) is 14.1 Å². The third-order valence-corrected chi connectivity index (χ3v) is 4.55. The van der Waals surface area contributed by atoms with Crippen molar-refractivity contribution in [1.82, 2.24) is 25.0 Å². The van der Waals surface area contributed by atoms with Gasteiger partial charge < -0.3 is 10.2 Å². The van der Waals surface area contributed by atoms with Crippen molar-refractivity contribution in [2.45, 2.75) is 20.0 Å². The van der Waals surface area contributed by atoms with E-state index in [0.29, 0.717) is 6.54 Å². The van der Waals surface area contributed by atoms with Gasteiger partial charge in [-0.05, 0) is 25.1 Å². The molecule has 0 fully saturated rings. The second-order valence-corrected chi connectivity index (χ2v) is 6.76. The molecule has 3 aromatic rings. The topological polar surface area (TPSA) is 58.3 Å². The minimum Gasteiger partial charge on any atom is -0.351 e. The number of hydrogen-bond donors (Lipinski definition) is 1. The molecule has 0 unspecified atom stereocenters. The van der Waals surface area contributed by atoms with Gasteiger partial charge in [-0.2, -0.15) is 5.10 Å². The number of thiazole rings is 1. The lowest BCUT2D eigenvalue weighted by atomic mass is 10.3. The summed E-state index contributed by atoms with van der Waals surface area (Å²) < 4.78 is 1.88. The number of benzene rings is 1. The van der Waals surface area contributed by atoms with E-state index in [1.807, 2.05) is 61.2 Å². The molecule has 6 nitrogen and oxygen atoms in total. The Balaban J connectivity index is 1.59. The third kappa shape index (κ3) is 4.45. The summed E-state index contributed by atoms with van der Waals surface area (Å²) >= 11 is 1.67. The Bertz CT molecular complexity index is 836. The number of nitrogens with one attached hydrogen (secondary N) is 1. The maximum Gasteiger partial charge on any atom is 0.194 e. The molecule has 0 saturated heterocycles. The fourth-order valence-electron chi connectivity index (χ4n) is 2.53. The molecular weight excluding hydrogens is 332 g/mol. The lowest BCUT2D eigenvalue weighted by Gasteiger charge is -2.20. The first-order valence-corrected chi connectivity index (χ1v) is 8.96. The molecule has 0 amide bonds. The largest absolute Gasteiger partial charge is 0.351 e. The normalized spacial score (nSPS) is 11.6. The van der Waals surface area contributed by atoms with Crippen molar-refractivity contribution >= 4 is 17.3 Å². The van der Waals surface area contributed by atoms with Crippen molar-refractivity contribution in [3.63, 3.8) is 0 Å². The SMILES string of the molecule is CN=C(NCc1ccn(-c2ccccc2)n1)N(C)Cc1csc(C)n1. The first-order valence-electron chi connectivity index (χ1n) is 8.08. The second-order valence-electron chi connectivity index (χ2n) is 5.70. The number of aromatic nitrogens is 3. The minimum absolute atomic E-state index is 0.618. The fraction of sp³-hybridized carbons (Fsp3) is 0.278. The summed E-state index contributed by atoms with van der Waals surface area (Å²) in [6.07, 6.45) is 1.97. The second kappa shape index (κ2) is 7.94. The monoisotopic (exact) mass is 354 g/mol. The van der Waals surface area contributed by atoms with E-state index in [9.17, 15) is 0 Å². The zero-order valence-electron chi connectivity index (χ0n) is 14.7. The van der Waals surface area contributed by atoms with Crippen LogP contribution in [-0.2, 0) is 13.1 Å². The van der Waals surface area contributed by atoms with Crippen LogP contribution in [0.3, 0.4) is 0 Å². The molecule has 0 bridgehead atoms. The number of guanidine groups is 1. The molecule has 25 heavy (non-hydrogen) atoms. The number of para-hydroxylation sites is 1. The molecule has 1 aromatic carbocycles. The summed E-state index contributed by atoms with van der Waals surface area (Å²) in [4.78, 5) is 10.9. The van der Waals surface area contributed by atoms with Gasteiger partial charge in [0.05, 0.1) is 35.2 Å². The Kier molecular flexibility index (Phi) is 5.45. The van der Waals surface area contributed by atoms with Gasteiger partial charge in [-0.1, -0.05) is 18.2 Å². The molecule has 0 aliphatic carbocycles. The van der Waals surface area contributed by atoms with Crippen LogP contribution >= 0.6 is 11.3 Å². The van der Waals surface area contributed by atoms with E-state index >= 15 is 0 Å². The highest BCUT2D eigenvalue weighted by Gasteiger charge is 2.09. The van der Waals surface area contributed by atoms with Crippen LogP contribution < -0.4 is 5.32 Å². The lowest BCUT2D eigenvalue weighted by Crippen LogP contribution is -2.38. The molecule has 0 aliphatic heterocycles. The van der Waals surface area contributed by atoms with E-state index in [1.165, 1.54) is 0 Å².